The predicted molar refractivity (Wildman–Crippen MR) is 54.0 cm³/mol. The number of nitrogens with two attached hydrogens (primary N) is 1. The summed E-state index contributed by atoms with van der Waals surface area (Å²) in [6.45, 7) is 0.663. The Hall–Kier alpha value is -0.410. The maximum absolute atomic E-state index is 13.3. The van der Waals surface area contributed by atoms with Crippen LogP contribution in [0.25, 0.3) is 0 Å². The van der Waals surface area contributed by atoms with Crippen molar-refractivity contribution in [1.82, 2.24) is 0 Å². The minimum absolute atomic E-state index is 0.107. The lowest BCUT2D eigenvalue weighted by molar-refractivity contribution is 0.605. The summed E-state index contributed by atoms with van der Waals surface area (Å²) >= 11 is 3.34. The second-order valence-corrected chi connectivity index (χ2v) is 4.42. The van der Waals surface area contributed by atoms with E-state index >= 15 is 0 Å². The lowest BCUT2D eigenvalue weighted by Gasteiger charge is -2.02. The molecule has 3 heteroatoms. The first-order valence-electron chi connectivity index (χ1n) is 4.37. The van der Waals surface area contributed by atoms with Crippen LogP contribution in [0.4, 0.5) is 4.39 Å². The van der Waals surface area contributed by atoms with Gasteiger partial charge in [-0.05, 0) is 48.6 Å². The molecular formula is C10H11BrFN. The van der Waals surface area contributed by atoms with Crippen LogP contribution < -0.4 is 5.73 Å². The van der Waals surface area contributed by atoms with E-state index < -0.39 is 0 Å². The molecule has 2 unspecified atom stereocenters. The number of rotatable bonds is 2. The highest BCUT2D eigenvalue weighted by atomic mass is 79.9. The van der Waals surface area contributed by atoms with Gasteiger partial charge < -0.3 is 5.73 Å². The Labute approximate surface area is 85.3 Å². The summed E-state index contributed by atoms with van der Waals surface area (Å²) in [7, 11) is 0. The minimum Gasteiger partial charge on any atom is -0.330 e. The summed E-state index contributed by atoms with van der Waals surface area (Å²) in [6, 6.07) is 5.08. The highest BCUT2D eigenvalue weighted by Crippen LogP contribution is 2.47. The fourth-order valence-corrected chi connectivity index (χ4v) is 2.07. The van der Waals surface area contributed by atoms with Crippen molar-refractivity contribution in [3.05, 3.63) is 34.1 Å². The van der Waals surface area contributed by atoms with Crippen molar-refractivity contribution in [2.24, 2.45) is 11.7 Å². The highest BCUT2D eigenvalue weighted by Gasteiger charge is 2.38. The molecule has 0 spiro atoms. The molecule has 2 atom stereocenters. The van der Waals surface area contributed by atoms with E-state index in [0.717, 1.165) is 16.5 Å². The molecule has 2 N–H and O–H groups in total. The van der Waals surface area contributed by atoms with Crippen LogP contribution in [-0.4, -0.2) is 6.54 Å². The van der Waals surface area contributed by atoms with E-state index in [0.29, 0.717) is 18.4 Å². The average molecular weight is 244 g/mol. The molecule has 0 aromatic heterocycles. The standard InChI is InChI=1S/C10H11BrFN/c11-7-1-2-10(12)9(4-7)8-3-6(8)5-13/h1-2,4,6,8H,3,5,13H2. The predicted octanol–water partition coefficient (Wildman–Crippen LogP) is 2.65. The molecule has 1 aliphatic rings. The van der Waals surface area contributed by atoms with Crippen molar-refractivity contribution >= 4 is 15.9 Å². The molecule has 0 radical (unpaired) electrons. The van der Waals surface area contributed by atoms with Crippen molar-refractivity contribution in [3.8, 4) is 0 Å². The number of hydrogen-bond acceptors (Lipinski definition) is 1. The van der Waals surface area contributed by atoms with E-state index in [1.807, 2.05) is 6.07 Å². The fraction of sp³-hybridized carbons (Fsp3) is 0.400. The Balaban J connectivity index is 2.25. The summed E-state index contributed by atoms with van der Waals surface area (Å²) in [5.74, 6) is 0.732. The van der Waals surface area contributed by atoms with Crippen LogP contribution >= 0.6 is 15.9 Å². The molecule has 0 bridgehead atoms. The van der Waals surface area contributed by atoms with Crippen LogP contribution in [-0.2, 0) is 0 Å². The number of hydrogen-bond donors (Lipinski definition) is 1. The summed E-state index contributed by atoms with van der Waals surface area (Å²) in [6.07, 6.45) is 1.03. The largest absolute Gasteiger partial charge is 0.330 e. The van der Waals surface area contributed by atoms with Gasteiger partial charge in [-0.15, -0.1) is 0 Å². The van der Waals surface area contributed by atoms with Gasteiger partial charge in [0.05, 0.1) is 0 Å². The third-order valence-electron chi connectivity index (χ3n) is 2.58. The topological polar surface area (TPSA) is 26.0 Å². The number of benzene rings is 1. The third-order valence-corrected chi connectivity index (χ3v) is 3.08. The van der Waals surface area contributed by atoms with Gasteiger partial charge in [-0.25, -0.2) is 4.39 Å². The zero-order valence-corrected chi connectivity index (χ0v) is 8.72. The van der Waals surface area contributed by atoms with Crippen LogP contribution in [0.5, 0.6) is 0 Å². The van der Waals surface area contributed by atoms with Crippen molar-refractivity contribution < 1.29 is 4.39 Å². The van der Waals surface area contributed by atoms with Gasteiger partial charge in [-0.3, -0.25) is 0 Å². The highest BCUT2D eigenvalue weighted by molar-refractivity contribution is 9.10. The maximum Gasteiger partial charge on any atom is 0.126 e. The monoisotopic (exact) mass is 243 g/mol. The van der Waals surface area contributed by atoms with Crippen LogP contribution in [0, 0.1) is 11.7 Å². The van der Waals surface area contributed by atoms with Crippen molar-refractivity contribution in [1.29, 1.82) is 0 Å². The van der Waals surface area contributed by atoms with E-state index in [9.17, 15) is 4.39 Å². The zero-order chi connectivity index (χ0) is 9.42. The summed E-state index contributed by atoms with van der Waals surface area (Å²) in [4.78, 5) is 0. The molecule has 70 valence electrons. The Bertz CT molecular complexity index is 327. The average Bonchev–Trinajstić information content (AvgIpc) is 2.88. The summed E-state index contributed by atoms with van der Waals surface area (Å²) in [5.41, 5.74) is 6.33. The molecule has 2 rings (SSSR count). The number of halogens is 2. The molecular weight excluding hydrogens is 233 g/mol. The second-order valence-electron chi connectivity index (χ2n) is 3.50. The summed E-state index contributed by atoms with van der Waals surface area (Å²) in [5, 5.41) is 0. The van der Waals surface area contributed by atoms with Gasteiger partial charge in [0.15, 0.2) is 0 Å². The van der Waals surface area contributed by atoms with Crippen molar-refractivity contribution in [3.63, 3.8) is 0 Å². The third kappa shape index (κ3) is 1.76. The maximum atomic E-state index is 13.3. The summed E-state index contributed by atoms with van der Waals surface area (Å²) < 4.78 is 14.2. The van der Waals surface area contributed by atoms with E-state index in [2.05, 4.69) is 15.9 Å². The molecule has 1 nitrogen and oxygen atoms in total. The van der Waals surface area contributed by atoms with E-state index in [-0.39, 0.29) is 5.82 Å². The molecule has 1 aliphatic carbocycles. The molecule has 1 aromatic carbocycles. The van der Waals surface area contributed by atoms with E-state index in [1.54, 1.807) is 6.07 Å². The Morgan fingerprint density at radius 1 is 1.54 bits per heavy atom. The van der Waals surface area contributed by atoms with Gasteiger partial charge >= 0.3 is 0 Å². The normalized spacial score (nSPS) is 26.1. The van der Waals surface area contributed by atoms with E-state index in [4.69, 9.17) is 5.73 Å². The van der Waals surface area contributed by atoms with Crippen LogP contribution in [0.1, 0.15) is 17.9 Å². The Kier molecular flexibility index (Phi) is 2.39. The molecule has 13 heavy (non-hydrogen) atoms. The van der Waals surface area contributed by atoms with Crippen LogP contribution in [0.15, 0.2) is 22.7 Å². The SMILES string of the molecule is NCC1CC1c1cc(Br)ccc1F. The van der Waals surface area contributed by atoms with Gasteiger partial charge in [0.1, 0.15) is 5.82 Å². The Morgan fingerprint density at radius 2 is 2.31 bits per heavy atom. The minimum atomic E-state index is -0.107. The molecule has 1 aromatic rings. The lowest BCUT2D eigenvalue weighted by atomic mass is 10.1. The van der Waals surface area contributed by atoms with E-state index in [1.165, 1.54) is 6.07 Å². The van der Waals surface area contributed by atoms with Crippen LogP contribution in [0.2, 0.25) is 0 Å². The van der Waals surface area contributed by atoms with Gasteiger partial charge in [-0.1, -0.05) is 15.9 Å². The molecule has 0 saturated heterocycles. The van der Waals surface area contributed by atoms with Crippen LogP contribution in [0.3, 0.4) is 0 Å². The zero-order valence-electron chi connectivity index (χ0n) is 7.13. The lowest BCUT2D eigenvalue weighted by Crippen LogP contribution is -2.02. The van der Waals surface area contributed by atoms with Gasteiger partial charge in [0, 0.05) is 4.47 Å². The molecule has 1 fully saturated rings. The molecule has 1 saturated carbocycles. The quantitative estimate of drug-likeness (QED) is 0.850. The second kappa shape index (κ2) is 3.39. The molecule has 0 aliphatic heterocycles. The first-order valence-corrected chi connectivity index (χ1v) is 5.16. The first kappa shape index (κ1) is 9.16. The molecule has 0 amide bonds. The Morgan fingerprint density at radius 3 is 2.92 bits per heavy atom. The molecule has 0 heterocycles. The smallest absolute Gasteiger partial charge is 0.126 e. The van der Waals surface area contributed by atoms with Gasteiger partial charge in [0.25, 0.3) is 0 Å². The first-order chi connectivity index (χ1) is 6.22. The van der Waals surface area contributed by atoms with Crippen molar-refractivity contribution in [2.75, 3.05) is 6.54 Å². The van der Waals surface area contributed by atoms with Crippen molar-refractivity contribution in [2.45, 2.75) is 12.3 Å². The van der Waals surface area contributed by atoms with Gasteiger partial charge in [0.2, 0.25) is 0 Å². The fourth-order valence-electron chi connectivity index (χ4n) is 1.69. The van der Waals surface area contributed by atoms with Gasteiger partial charge in [-0.2, -0.15) is 0 Å².